The number of ether oxygens (including phenoxy) is 4. The van der Waals surface area contributed by atoms with Crippen LogP contribution in [-0.2, 0) is 6.61 Å². The fourth-order valence-electron chi connectivity index (χ4n) is 4.36. The van der Waals surface area contributed by atoms with Crippen molar-refractivity contribution in [2.75, 3.05) is 0 Å². The Morgan fingerprint density at radius 1 is 0.377 bits per heavy atom. The summed E-state index contributed by atoms with van der Waals surface area (Å²) >= 11 is 0. The van der Waals surface area contributed by atoms with E-state index in [2.05, 4.69) is 249 Å². The molecule has 1 aliphatic rings. The number of rotatable bonds is 5. The highest BCUT2D eigenvalue weighted by atomic mass is 16.5. The van der Waals surface area contributed by atoms with Gasteiger partial charge in [0.2, 0.25) is 0 Å². The van der Waals surface area contributed by atoms with Crippen molar-refractivity contribution in [1.82, 2.24) is 0 Å². The molecular formula is C64H16O5. The van der Waals surface area contributed by atoms with Gasteiger partial charge in [-0.1, -0.05) is 18.2 Å². The highest BCUT2D eigenvalue weighted by Gasteiger charge is 2.25. The smallest absolute Gasteiger partial charge is 0.144 e. The molecule has 0 saturated carbocycles. The molecule has 3 aromatic rings. The average molecular weight is 865 g/mol. The average Bonchev–Trinajstić information content (AvgIpc) is 3.36. The first kappa shape index (κ1) is 48.8. The van der Waals surface area contributed by atoms with Gasteiger partial charge < -0.3 is 24.1 Å². The lowest BCUT2D eigenvalue weighted by molar-refractivity contribution is 0.202. The minimum atomic E-state index is -0.833. The second kappa shape index (κ2) is 31.9. The second-order valence-electron chi connectivity index (χ2n) is 11.3. The molecule has 0 aliphatic carbocycles. The van der Waals surface area contributed by atoms with E-state index in [0.29, 0.717) is 45.4 Å². The zero-order valence-electron chi connectivity index (χ0n) is 35.3. The normalized spacial score (nSPS) is 8.07. The Balaban J connectivity index is 1.38. The summed E-state index contributed by atoms with van der Waals surface area (Å²) in [4.78, 5) is 0. The van der Waals surface area contributed by atoms with E-state index in [1.165, 1.54) is 0 Å². The number of aliphatic hydroxyl groups is 1. The fraction of sp³-hybridized carbons (Fsp3) is 0.0312. The molecule has 0 bridgehead atoms. The number of benzene rings is 3. The summed E-state index contributed by atoms with van der Waals surface area (Å²) in [5.74, 6) is 101. The molecule has 1 unspecified atom stereocenters. The van der Waals surface area contributed by atoms with E-state index in [-0.39, 0.29) is 6.61 Å². The number of para-hydroxylation sites is 1. The van der Waals surface area contributed by atoms with Crippen molar-refractivity contribution < 1.29 is 24.1 Å². The van der Waals surface area contributed by atoms with Crippen molar-refractivity contribution >= 4 is 0 Å². The van der Waals surface area contributed by atoms with Crippen LogP contribution in [0.25, 0.3) is 0 Å². The Morgan fingerprint density at radius 3 is 1.12 bits per heavy atom. The summed E-state index contributed by atoms with van der Waals surface area (Å²) in [7, 11) is 0. The van der Waals surface area contributed by atoms with Crippen LogP contribution in [0.4, 0.5) is 0 Å². The first-order chi connectivity index (χ1) is 34.2. The molecule has 1 aliphatic heterocycles. The number of fused-ring (bicyclic) bond motifs is 2. The molecule has 0 fully saturated rings. The molecule has 302 valence electrons. The third-order valence-electron chi connectivity index (χ3n) is 6.89. The van der Waals surface area contributed by atoms with Gasteiger partial charge in [-0.25, -0.2) is 0 Å². The van der Waals surface area contributed by atoms with Crippen molar-refractivity contribution in [1.29, 1.82) is 0 Å². The Labute approximate surface area is 403 Å². The van der Waals surface area contributed by atoms with Crippen LogP contribution in [0.15, 0.2) is 60.7 Å². The lowest BCUT2D eigenvalue weighted by Crippen LogP contribution is -2.09. The Bertz CT molecular complexity index is 3840. The summed E-state index contributed by atoms with van der Waals surface area (Å²) in [6, 6.07) is 17.5. The monoisotopic (exact) mass is 864 g/mol. The van der Waals surface area contributed by atoms with E-state index in [4.69, 9.17) is 31.8 Å². The number of hydrogen-bond donors (Lipinski definition) is 1. The third-order valence-corrected chi connectivity index (χ3v) is 6.89. The van der Waals surface area contributed by atoms with Crippen LogP contribution in [0.1, 0.15) is 22.8 Å². The topological polar surface area (TPSA) is 57.2 Å². The van der Waals surface area contributed by atoms with E-state index >= 15 is 0 Å². The van der Waals surface area contributed by atoms with Crippen LogP contribution in [0.3, 0.4) is 0 Å². The van der Waals surface area contributed by atoms with Gasteiger partial charge in [0.1, 0.15) is 53.7 Å². The van der Waals surface area contributed by atoms with Crippen LogP contribution in [0.5, 0.6) is 28.7 Å². The highest BCUT2D eigenvalue weighted by Crippen LogP contribution is 2.44. The molecule has 0 aromatic heterocycles. The summed E-state index contributed by atoms with van der Waals surface area (Å²) < 4.78 is 23.3. The standard InChI is InChI=1S/C64H16O5/c1-3-5-7-9-11-13-15-17-19-21-23-25-27-29-31-33-35-37-39-43-49-66-58-51-56(55-68-57-47-48-61-63(54-57)69-62-46-42-41-45-60(62)64(61)65)52-59(53-58)67-50-44-40-38-36-34-32-30-28-26-24-22-20-18-16-14-12-10-8-6-4-2/h1-2,41-42,45-48,51-54,64-65H,55H2. The lowest BCUT2D eigenvalue weighted by atomic mass is 9.97. The van der Waals surface area contributed by atoms with Crippen LogP contribution in [-0.4, -0.2) is 5.11 Å². The van der Waals surface area contributed by atoms with E-state index in [1.807, 2.05) is 18.2 Å². The van der Waals surface area contributed by atoms with Gasteiger partial charge in [0.05, 0.1) is 0 Å². The van der Waals surface area contributed by atoms with Gasteiger partial charge in [0.25, 0.3) is 0 Å². The minimum Gasteiger partial charge on any atom is -0.489 e. The van der Waals surface area contributed by atoms with Crippen molar-refractivity contribution in [2.45, 2.75) is 12.7 Å². The quantitative estimate of drug-likeness (QED) is 0.385. The zero-order valence-corrected chi connectivity index (χ0v) is 35.3. The minimum absolute atomic E-state index is 0.0864. The van der Waals surface area contributed by atoms with Crippen LogP contribution in [0.2, 0.25) is 0 Å². The largest absolute Gasteiger partial charge is 0.489 e. The fourth-order valence-corrected chi connectivity index (χ4v) is 4.36. The van der Waals surface area contributed by atoms with Crippen molar-refractivity contribution in [3.63, 3.8) is 0 Å². The summed E-state index contributed by atoms with van der Waals surface area (Å²) in [5, 5.41) is 10.9. The SMILES string of the molecule is C#CC#CC#CC#CC#CC#CC#CC#CC#CC#CC#COc1cc(COc2ccc3c(c2)Oc2ccccc2C3O)cc(OC#CC#CC#CC#CC#CC#CC#CC#CC#CC#CC#C)c1. The maximum absolute atomic E-state index is 10.9. The molecule has 0 amide bonds. The number of aliphatic hydroxyl groups excluding tert-OH is 1. The molecule has 1 heterocycles. The summed E-state index contributed by atoms with van der Waals surface area (Å²) in [5.41, 5.74) is 1.95. The second-order valence-corrected chi connectivity index (χ2v) is 11.3. The molecule has 0 spiro atoms. The van der Waals surface area contributed by atoms with Crippen molar-refractivity contribution in [2.24, 2.45) is 0 Å². The Hall–Kier alpha value is -12.9. The molecule has 0 radical (unpaired) electrons. The summed E-state index contributed by atoms with van der Waals surface area (Å²) in [6.45, 7) is 0.0864. The van der Waals surface area contributed by atoms with Crippen molar-refractivity contribution in [3.05, 3.63) is 77.4 Å². The van der Waals surface area contributed by atoms with Gasteiger partial charge in [-0.05, 0) is 131 Å². The molecule has 4 rings (SSSR count). The van der Waals surface area contributed by atoms with Gasteiger partial charge in [0, 0.05) is 165 Å². The molecular weight excluding hydrogens is 849 g/mol. The maximum atomic E-state index is 10.9. The Morgan fingerprint density at radius 2 is 0.725 bits per heavy atom. The van der Waals surface area contributed by atoms with E-state index in [9.17, 15) is 5.11 Å². The van der Waals surface area contributed by atoms with Crippen LogP contribution < -0.4 is 18.9 Å². The number of hydrogen-bond acceptors (Lipinski definition) is 5. The molecule has 3 aromatic carbocycles. The first-order valence-electron chi connectivity index (χ1n) is 18.8. The van der Waals surface area contributed by atoms with Gasteiger partial charge in [-0.3, -0.25) is 0 Å². The van der Waals surface area contributed by atoms with Gasteiger partial charge in [-0.15, -0.1) is 12.8 Å². The van der Waals surface area contributed by atoms with Gasteiger partial charge in [0.15, 0.2) is 0 Å². The first-order valence-corrected chi connectivity index (χ1v) is 18.8. The highest BCUT2D eigenvalue weighted by molar-refractivity contribution is 5.55. The third kappa shape index (κ3) is 21.0. The van der Waals surface area contributed by atoms with Crippen molar-refractivity contribution in [3.8, 4) is 291 Å². The molecule has 0 saturated heterocycles. The van der Waals surface area contributed by atoms with E-state index < -0.39 is 6.10 Å². The van der Waals surface area contributed by atoms with Gasteiger partial charge in [-0.2, -0.15) is 0 Å². The van der Waals surface area contributed by atoms with Crippen LogP contribution >= 0.6 is 0 Å². The Kier molecular flexibility index (Phi) is 22.6. The van der Waals surface area contributed by atoms with Crippen LogP contribution in [0, 0.1) is 262 Å². The number of terminal acetylenes is 2. The van der Waals surface area contributed by atoms with Gasteiger partial charge >= 0.3 is 0 Å². The molecule has 1 N–H and O–H groups in total. The lowest BCUT2D eigenvalue weighted by Gasteiger charge is -2.25. The molecule has 5 heteroatoms. The molecule has 1 atom stereocenters. The predicted octanol–water partition coefficient (Wildman–Crippen LogP) is 4.46. The summed E-state index contributed by atoms with van der Waals surface area (Å²) in [6.07, 6.45) is 14.1. The van der Waals surface area contributed by atoms with E-state index in [1.54, 1.807) is 42.5 Å². The maximum Gasteiger partial charge on any atom is 0.144 e. The predicted molar refractivity (Wildman–Crippen MR) is 262 cm³/mol. The molecule has 69 heavy (non-hydrogen) atoms. The van der Waals surface area contributed by atoms with E-state index in [0.717, 1.165) is 0 Å². The molecule has 5 nitrogen and oxygen atoms in total. The zero-order chi connectivity index (χ0) is 48.5.